The summed E-state index contributed by atoms with van der Waals surface area (Å²) in [6.07, 6.45) is 6.84. The number of hydrogen-bond donors (Lipinski definition) is 0. The van der Waals surface area contributed by atoms with Crippen molar-refractivity contribution in [1.82, 2.24) is 0 Å². The van der Waals surface area contributed by atoms with E-state index in [9.17, 15) is 0 Å². The van der Waals surface area contributed by atoms with E-state index in [-0.39, 0.29) is 0 Å². The molecule has 1 nitrogen and oxygen atoms in total. The monoisotopic (exact) mass is 218 g/mol. The Labute approximate surface area is 98.8 Å². The fraction of sp³-hybridized carbons (Fsp3) is 0.600. The SMILES string of the molecule is CCOc1ccc(C)cc1C1CCCCC1. The first-order valence-electron chi connectivity index (χ1n) is 6.54. The van der Waals surface area contributed by atoms with Gasteiger partial charge in [-0.15, -0.1) is 0 Å². The molecule has 2 rings (SSSR count). The summed E-state index contributed by atoms with van der Waals surface area (Å²) >= 11 is 0. The maximum atomic E-state index is 5.75. The third kappa shape index (κ3) is 2.58. The molecule has 0 amide bonds. The maximum Gasteiger partial charge on any atom is 0.122 e. The lowest BCUT2D eigenvalue weighted by Gasteiger charge is -2.24. The van der Waals surface area contributed by atoms with Gasteiger partial charge >= 0.3 is 0 Å². The van der Waals surface area contributed by atoms with Crippen LogP contribution >= 0.6 is 0 Å². The predicted octanol–water partition coefficient (Wildman–Crippen LogP) is 4.44. The van der Waals surface area contributed by atoms with Crippen LogP contribution in [0.15, 0.2) is 18.2 Å². The second kappa shape index (κ2) is 5.38. The number of rotatable bonds is 3. The van der Waals surface area contributed by atoms with Crippen LogP contribution in [0.25, 0.3) is 0 Å². The van der Waals surface area contributed by atoms with Gasteiger partial charge in [-0.25, -0.2) is 0 Å². The highest BCUT2D eigenvalue weighted by Gasteiger charge is 2.19. The first kappa shape index (κ1) is 11.5. The highest BCUT2D eigenvalue weighted by atomic mass is 16.5. The van der Waals surface area contributed by atoms with Crippen molar-refractivity contribution in [3.05, 3.63) is 29.3 Å². The van der Waals surface area contributed by atoms with E-state index in [0.29, 0.717) is 0 Å². The summed E-state index contributed by atoms with van der Waals surface area (Å²) in [4.78, 5) is 0. The molecular formula is C15H22O. The van der Waals surface area contributed by atoms with E-state index in [2.05, 4.69) is 32.0 Å². The Balaban J connectivity index is 2.24. The van der Waals surface area contributed by atoms with Crippen molar-refractivity contribution in [2.45, 2.75) is 51.9 Å². The van der Waals surface area contributed by atoms with Crippen LogP contribution in [0.2, 0.25) is 0 Å². The normalized spacial score (nSPS) is 17.4. The van der Waals surface area contributed by atoms with Crippen LogP contribution in [0.3, 0.4) is 0 Å². The topological polar surface area (TPSA) is 9.23 Å². The van der Waals surface area contributed by atoms with Gasteiger partial charge < -0.3 is 4.74 Å². The smallest absolute Gasteiger partial charge is 0.122 e. The molecule has 0 bridgehead atoms. The average molecular weight is 218 g/mol. The third-order valence-electron chi connectivity index (χ3n) is 3.51. The summed E-state index contributed by atoms with van der Waals surface area (Å²) in [6.45, 7) is 5.00. The third-order valence-corrected chi connectivity index (χ3v) is 3.51. The second-order valence-electron chi connectivity index (χ2n) is 4.81. The van der Waals surface area contributed by atoms with Gasteiger partial charge in [0.1, 0.15) is 5.75 Å². The molecule has 1 aliphatic carbocycles. The van der Waals surface area contributed by atoms with Crippen molar-refractivity contribution in [2.75, 3.05) is 6.61 Å². The van der Waals surface area contributed by atoms with E-state index < -0.39 is 0 Å². The van der Waals surface area contributed by atoms with Crippen molar-refractivity contribution in [2.24, 2.45) is 0 Å². The van der Waals surface area contributed by atoms with Crippen LogP contribution in [0.1, 0.15) is 56.1 Å². The Kier molecular flexibility index (Phi) is 3.87. The molecule has 1 saturated carbocycles. The molecule has 0 saturated heterocycles. The number of aryl methyl sites for hydroxylation is 1. The Morgan fingerprint density at radius 2 is 1.94 bits per heavy atom. The standard InChI is InChI=1S/C15H22O/c1-3-16-15-10-9-12(2)11-14(15)13-7-5-4-6-8-13/h9-11,13H,3-8H2,1-2H3. The van der Waals surface area contributed by atoms with E-state index in [1.165, 1.54) is 43.2 Å². The van der Waals surface area contributed by atoms with Gasteiger partial charge in [-0.3, -0.25) is 0 Å². The minimum absolute atomic E-state index is 0.732. The summed E-state index contributed by atoms with van der Waals surface area (Å²) in [7, 11) is 0. The van der Waals surface area contributed by atoms with E-state index in [4.69, 9.17) is 4.74 Å². The van der Waals surface area contributed by atoms with Crippen LogP contribution in [-0.2, 0) is 0 Å². The quantitative estimate of drug-likeness (QED) is 0.728. The number of hydrogen-bond acceptors (Lipinski definition) is 1. The lowest BCUT2D eigenvalue weighted by atomic mass is 9.83. The zero-order valence-corrected chi connectivity index (χ0v) is 10.5. The second-order valence-corrected chi connectivity index (χ2v) is 4.81. The molecule has 1 aliphatic rings. The molecule has 1 aromatic rings. The molecule has 0 radical (unpaired) electrons. The van der Waals surface area contributed by atoms with Gasteiger partial charge in [0.2, 0.25) is 0 Å². The zero-order chi connectivity index (χ0) is 11.4. The van der Waals surface area contributed by atoms with E-state index >= 15 is 0 Å². The first-order chi connectivity index (χ1) is 7.81. The Bertz CT molecular complexity index is 337. The molecule has 1 heteroatoms. The lowest BCUT2D eigenvalue weighted by molar-refractivity contribution is 0.328. The van der Waals surface area contributed by atoms with Gasteiger partial charge in [0.25, 0.3) is 0 Å². The minimum Gasteiger partial charge on any atom is -0.494 e. The molecular weight excluding hydrogens is 196 g/mol. The zero-order valence-electron chi connectivity index (χ0n) is 10.5. The largest absolute Gasteiger partial charge is 0.494 e. The Morgan fingerprint density at radius 3 is 2.62 bits per heavy atom. The van der Waals surface area contributed by atoms with Crippen LogP contribution in [0.5, 0.6) is 5.75 Å². The van der Waals surface area contributed by atoms with Crippen LogP contribution < -0.4 is 4.74 Å². The Morgan fingerprint density at radius 1 is 1.19 bits per heavy atom. The molecule has 88 valence electrons. The predicted molar refractivity (Wildman–Crippen MR) is 68.2 cm³/mol. The van der Waals surface area contributed by atoms with Crippen LogP contribution in [0.4, 0.5) is 0 Å². The van der Waals surface area contributed by atoms with Gasteiger partial charge in [-0.1, -0.05) is 37.0 Å². The van der Waals surface area contributed by atoms with Crippen molar-refractivity contribution < 1.29 is 4.74 Å². The molecule has 0 N–H and O–H groups in total. The minimum atomic E-state index is 0.732. The molecule has 0 unspecified atom stereocenters. The molecule has 1 fully saturated rings. The van der Waals surface area contributed by atoms with Crippen molar-refractivity contribution in [1.29, 1.82) is 0 Å². The van der Waals surface area contributed by atoms with E-state index in [0.717, 1.165) is 18.3 Å². The fourth-order valence-electron chi connectivity index (χ4n) is 2.69. The average Bonchev–Trinajstić information content (AvgIpc) is 2.33. The van der Waals surface area contributed by atoms with Crippen LogP contribution in [-0.4, -0.2) is 6.61 Å². The van der Waals surface area contributed by atoms with Crippen molar-refractivity contribution >= 4 is 0 Å². The van der Waals surface area contributed by atoms with E-state index in [1.807, 2.05) is 0 Å². The highest BCUT2D eigenvalue weighted by molar-refractivity contribution is 5.39. The molecule has 0 aliphatic heterocycles. The number of benzene rings is 1. The number of ether oxygens (including phenoxy) is 1. The molecule has 0 heterocycles. The molecule has 0 spiro atoms. The van der Waals surface area contributed by atoms with Gasteiger partial charge in [-0.2, -0.15) is 0 Å². The van der Waals surface area contributed by atoms with Gasteiger partial charge in [0.15, 0.2) is 0 Å². The molecule has 0 atom stereocenters. The summed E-state index contributed by atoms with van der Waals surface area (Å²) in [5.41, 5.74) is 2.80. The molecule has 0 aromatic heterocycles. The summed E-state index contributed by atoms with van der Waals surface area (Å²) in [6, 6.07) is 6.61. The van der Waals surface area contributed by atoms with Crippen molar-refractivity contribution in [3.8, 4) is 5.75 Å². The van der Waals surface area contributed by atoms with Gasteiger partial charge in [0.05, 0.1) is 6.61 Å². The molecule has 1 aromatic carbocycles. The summed E-state index contributed by atoms with van der Waals surface area (Å²) in [5, 5.41) is 0. The fourth-order valence-corrected chi connectivity index (χ4v) is 2.69. The van der Waals surface area contributed by atoms with Crippen LogP contribution in [0, 0.1) is 6.92 Å². The van der Waals surface area contributed by atoms with Gasteiger partial charge in [-0.05, 0) is 44.2 Å². The van der Waals surface area contributed by atoms with Crippen molar-refractivity contribution in [3.63, 3.8) is 0 Å². The van der Waals surface area contributed by atoms with E-state index in [1.54, 1.807) is 0 Å². The summed E-state index contributed by atoms with van der Waals surface area (Å²) < 4.78 is 5.75. The molecule has 16 heavy (non-hydrogen) atoms. The highest BCUT2D eigenvalue weighted by Crippen LogP contribution is 2.37. The van der Waals surface area contributed by atoms with Gasteiger partial charge in [0, 0.05) is 0 Å². The lowest BCUT2D eigenvalue weighted by Crippen LogP contribution is -2.07. The Hall–Kier alpha value is -0.980. The summed E-state index contributed by atoms with van der Waals surface area (Å²) in [5.74, 6) is 1.84. The first-order valence-corrected chi connectivity index (χ1v) is 6.54. The maximum absolute atomic E-state index is 5.75.